The minimum absolute atomic E-state index is 0.318. The van der Waals surface area contributed by atoms with Crippen molar-refractivity contribution < 1.29 is 9.84 Å². The predicted octanol–water partition coefficient (Wildman–Crippen LogP) is 1.02. The molecule has 0 aromatic carbocycles. The minimum Gasteiger partial charge on any atom is -0.480 e. The average molecular weight is 223 g/mol. The monoisotopic (exact) mass is 223 g/mol. The Labute approximate surface area is 90.4 Å². The van der Waals surface area contributed by atoms with Gasteiger partial charge in [0, 0.05) is 17.8 Å². The summed E-state index contributed by atoms with van der Waals surface area (Å²) in [4.78, 5) is 12.0. The number of hydrogen-bond acceptors (Lipinski definition) is 6. The van der Waals surface area contributed by atoms with Crippen LogP contribution >= 0.6 is 11.3 Å². The lowest BCUT2D eigenvalue weighted by molar-refractivity contribution is 0.203. The molecule has 1 atom stereocenters. The third-order valence-corrected chi connectivity index (χ3v) is 2.48. The van der Waals surface area contributed by atoms with Crippen LogP contribution in [0, 0.1) is 0 Å². The van der Waals surface area contributed by atoms with Crippen molar-refractivity contribution in [3.05, 3.63) is 34.7 Å². The van der Waals surface area contributed by atoms with E-state index in [2.05, 4.69) is 15.0 Å². The molecule has 0 saturated carbocycles. The molecule has 2 heterocycles. The van der Waals surface area contributed by atoms with Gasteiger partial charge < -0.3 is 9.84 Å². The van der Waals surface area contributed by atoms with E-state index in [4.69, 9.17) is 4.74 Å². The molecule has 0 aliphatic rings. The van der Waals surface area contributed by atoms with Gasteiger partial charge in [-0.25, -0.2) is 9.97 Å². The molecule has 78 valence electrons. The van der Waals surface area contributed by atoms with E-state index in [-0.39, 0.29) is 0 Å². The Balaban J connectivity index is 2.37. The van der Waals surface area contributed by atoms with Gasteiger partial charge in [-0.05, 0) is 0 Å². The first kappa shape index (κ1) is 10.0. The second kappa shape index (κ2) is 4.33. The van der Waals surface area contributed by atoms with Crippen LogP contribution in [0.2, 0.25) is 0 Å². The highest BCUT2D eigenvalue weighted by atomic mass is 32.1. The third-order valence-electron chi connectivity index (χ3n) is 1.88. The van der Waals surface area contributed by atoms with Crippen molar-refractivity contribution >= 4 is 11.3 Å². The average Bonchev–Trinajstić information content (AvgIpc) is 2.81. The highest BCUT2D eigenvalue weighted by Crippen LogP contribution is 2.25. The van der Waals surface area contributed by atoms with Crippen LogP contribution in [0.4, 0.5) is 0 Å². The van der Waals surface area contributed by atoms with Crippen LogP contribution in [-0.2, 0) is 0 Å². The molecule has 15 heavy (non-hydrogen) atoms. The lowest BCUT2D eigenvalue weighted by atomic mass is 10.2. The maximum Gasteiger partial charge on any atom is 0.238 e. The highest BCUT2D eigenvalue weighted by molar-refractivity contribution is 7.07. The number of aliphatic hydroxyl groups is 1. The maximum atomic E-state index is 9.95. The summed E-state index contributed by atoms with van der Waals surface area (Å²) < 4.78 is 5.01. The van der Waals surface area contributed by atoms with Gasteiger partial charge in [0.25, 0.3) is 0 Å². The Kier molecular flexibility index (Phi) is 2.89. The Morgan fingerprint density at radius 3 is 2.80 bits per heavy atom. The maximum absolute atomic E-state index is 9.95. The number of nitrogens with zero attached hydrogens (tertiary/aromatic N) is 3. The fourth-order valence-electron chi connectivity index (χ4n) is 1.18. The number of hydrogen-bond donors (Lipinski definition) is 1. The molecule has 1 N–H and O–H groups in total. The van der Waals surface area contributed by atoms with Gasteiger partial charge in [-0.15, -0.1) is 11.3 Å². The van der Waals surface area contributed by atoms with Crippen molar-refractivity contribution in [3.63, 3.8) is 0 Å². The molecule has 2 rings (SSSR count). The van der Waals surface area contributed by atoms with E-state index in [1.54, 1.807) is 10.9 Å². The predicted molar refractivity (Wildman–Crippen MR) is 54.8 cm³/mol. The first-order chi connectivity index (χ1) is 7.33. The normalized spacial score (nSPS) is 12.4. The fourth-order valence-corrected chi connectivity index (χ4v) is 1.75. The zero-order valence-electron chi connectivity index (χ0n) is 7.99. The number of ether oxygens (including phenoxy) is 1. The largest absolute Gasteiger partial charge is 0.480 e. The fraction of sp³-hybridized carbons (Fsp3) is 0.222. The second-order valence-electron chi connectivity index (χ2n) is 2.77. The summed E-state index contributed by atoms with van der Waals surface area (Å²) in [6.45, 7) is 0. The van der Waals surface area contributed by atoms with E-state index < -0.39 is 6.10 Å². The van der Waals surface area contributed by atoms with Crippen molar-refractivity contribution in [2.75, 3.05) is 7.11 Å². The number of rotatable bonds is 3. The van der Waals surface area contributed by atoms with E-state index in [0.29, 0.717) is 17.3 Å². The van der Waals surface area contributed by atoms with Crippen molar-refractivity contribution in [1.29, 1.82) is 0 Å². The van der Waals surface area contributed by atoms with E-state index >= 15 is 0 Å². The number of methoxy groups -OCH3 is 1. The molecule has 6 heteroatoms. The van der Waals surface area contributed by atoms with E-state index in [1.807, 2.05) is 0 Å². The smallest absolute Gasteiger partial charge is 0.238 e. The first-order valence-corrected chi connectivity index (χ1v) is 5.18. The molecular weight excluding hydrogens is 214 g/mol. The van der Waals surface area contributed by atoms with Crippen molar-refractivity contribution in [2.45, 2.75) is 6.10 Å². The van der Waals surface area contributed by atoms with Crippen LogP contribution < -0.4 is 4.74 Å². The van der Waals surface area contributed by atoms with Gasteiger partial charge in [0.15, 0.2) is 0 Å². The molecule has 2 aromatic rings. The van der Waals surface area contributed by atoms with Crippen LogP contribution in [0.5, 0.6) is 5.88 Å². The van der Waals surface area contributed by atoms with Crippen molar-refractivity contribution in [3.8, 4) is 5.88 Å². The van der Waals surface area contributed by atoms with Gasteiger partial charge in [-0.3, -0.25) is 4.98 Å². The molecule has 2 aromatic heterocycles. The molecule has 0 bridgehead atoms. The van der Waals surface area contributed by atoms with Crippen molar-refractivity contribution in [2.24, 2.45) is 0 Å². The van der Waals surface area contributed by atoms with Crippen LogP contribution in [0.3, 0.4) is 0 Å². The lowest BCUT2D eigenvalue weighted by Gasteiger charge is -2.09. The van der Waals surface area contributed by atoms with Gasteiger partial charge in [0.1, 0.15) is 11.8 Å². The first-order valence-electron chi connectivity index (χ1n) is 4.24. The Morgan fingerprint density at radius 1 is 1.33 bits per heavy atom. The molecule has 1 unspecified atom stereocenters. The standard InChI is InChI=1S/C9H9N3O2S/c1-14-9-7(10-2-3-11-9)8(13)6-4-15-5-12-6/h2-5,8,13H,1H3. The van der Waals surface area contributed by atoms with Crippen LogP contribution in [0.15, 0.2) is 23.3 Å². The Bertz CT molecular complexity index is 433. The zero-order valence-corrected chi connectivity index (χ0v) is 8.81. The summed E-state index contributed by atoms with van der Waals surface area (Å²) in [6.07, 6.45) is 2.13. The Hall–Kier alpha value is -1.53. The molecular formula is C9H9N3O2S. The molecule has 0 radical (unpaired) electrons. The van der Waals surface area contributed by atoms with Crippen molar-refractivity contribution in [1.82, 2.24) is 15.0 Å². The Morgan fingerprint density at radius 2 is 2.13 bits per heavy atom. The summed E-state index contributed by atoms with van der Waals surface area (Å²) in [5, 5.41) is 11.7. The van der Waals surface area contributed by atoms with E-state index in [1.165, 1.54) is 30.8 Å². The summed E-state index contributed by atoms with van der Waals surface area (Å²) in [7, 11) is 1.49. The quantitative estimate of drug-likeness (QED) is 0.841. The number of thiazole rings is 1. The van der Waals surface area contributed by atoms with Gasteiger partial charge in [-0.1, -0.05) is 0 Å². The summed E-state index contributed by atoms with van der Waals surface area (Å²) in [5.74, 6) is 0.318. The van der Waals surface area contributed by atoms with E-state index in [0.717, 1.165) is 0 Å². The van der Waals surface area contributed by atoms with Gasteiger partial charge in [-0.2, -0.15) is 0 Å². The molecule has 0 amide bonds. The SMILES string of the molecule is COc1nccnc1C(O)c1cscn1. The molecule has 0 fully saturated rings. The second-order valence-corrected chi connectivity index (χ2v) is 3.49. The minimum atomic E-state index is -0.889. The number of aliphatic hydroxyl groups excluding tert-OH is 1. The van der Waals surface area contributed by atoms with Crippen LogP contribution in [0.25, 0.3) is 0 Å². The molecule has 0 aliphatic carbocycles. The van der Waals surface area contributed by atoms with Crippen LogP contribution in [-0.4, -0.2) is 27.2 Å². The highest BCUT2D eigenvalue weighted by Gasteiger charge is 2.19. The van der Waals surface area contributed by atoms with Gasteiger partial charge in [0.05, 0.1) is 18.3 Å². The summed E-state index contributed by atoms with van der Waals surface area (Å²) in [5.41, 5.74) is 2.59. The molecule has 5 nitrogen and oxygen atoms in total. The third kappa shape index (κ3) is 1.95. The van der Waals surface area contributed by atoms with E-state index in [9.17, 15) is 5.11 Å². The summed E-state index contributed by atoms with van der Waals surface area (Å²) in [6, 6.07) is 0. The van der Waals surface area contributed by atoms with Gasteiger partial charge >= 0.3 is 0 Å². The van der Waals surface area contributed by atoms with Gasteiger partial charge in [0.2, 0.25) is 5.88 Å². The lowest BCUT2D eigenvalue weighted by Crippen LogP contribution is -2.06. The molecule has 0 aliphatic heterocycles. The molecule has 0 saturated heterocycles. The molecule has 0 spiro atoms. The topological polar surface area (TPSA) is 68.1 Å². The number of aromatic nitrogens is 3. The summed E-state index contributed by atoms with van der Waals surface area (Å²) >= 11 is 1.42. The zero-order chi connectivity index (χ0) is 10.7. The van der Waals surface area contributed by atoms with Crippen LogP contribution in [0.1, 0.15) is 17.5 Å².